The summed E-state index contributed by atoms with van der Waals surface area (Å²) in [6.45, 7) is 2.43. The Labute approximate surface area is 128 Å². The van der Waals surface area contributed by atoms with Gasteiger partial charge < -0.3 is 4.74 Å². The van der Waals surface area contributed by atoms with Gasteiger partial charge in [-0.3, -0.25) is 5.43 Å². The Hall–Kier alpha value is -2.16. The van der Waals surface area contributed by atoms with Gasteiger partial charge in [-0.1, -0.05) is 11.8 Å². The zero-order valence-electron chi connectivity index (χ0n) is 11.4. The highest BCUT2D eigenvalue weighted by molar-refractivity contribution is 8.02. The van der Waals surface area contributed by atoms with E-state index in [1.807, 2.05) is 6.92 Å². The van der Waals surface area contributed by atoms with Crippen molar-refractivity contribution in [3.63, 3.8) is 0 Å². The predicted octanol–water partition coefficient (Wildman–Crippen LogP) is 3.34. The molecule has 0 bridgehead atoms. The Balaban J connectivity index is 1.86. The maximum Gasteiger partial charge on any atom is 0.453 e. The lowest BCUT2D eigenvalue weighted by molar-refractivity contribution is -0.146. The third-order valence-electron chi connectivity index (χ3n) is 2.88. The Morgan fingerprint density at radius 3 is 2.59 bits per heavy atom. The van der Waals surface area contributed by atoms with Crippen molar-refractivity contribution in [1.29, 1.82) is 0 Å². The van der Waals surface area contributed by atoms with Gasteiger partial charge in [-0.15, -0.1) is 10.2 Å². The smallest absolute Gasteiger partial charge is 0.453 e. The number of fused-ring (bicyclic) bond motifs is 1. The number of ether oxygens (including phenoxy) is 1. The molecule has 22 heavy (non-hydrogen) atoms. The van der Waals surface area contributed by atoms with Gasteiger partial charge in [-0.25, -0.2) is 4.68 Å². The van der Waals surface area contributed by atoms with Crippen LogP contribution in [0, 0.1) is 0 Å². The normalized spacial score (nSPS) is 14.1. The molecule has 0 fully saturated rings. The minimum atomic E-state index is -4.57. The Morgan fingerprint density at radius 2 is 1.95 bits per heavy atom. The van der Waals surface area contributed by atoms with Crippen LogP contribution in [0.5, 0.6) is 5.75 Å². The Kier molecular flexibility index (Phi) is 3.73. The van der Waals surface area contributed by atoms with E-state index >= 15 is 0 Å². The standard InChI is InChI=1S/C13H11F3N4OS/c1-2-21-9-5-3-8(4-6-9)10-7-22-12-18-17-11(13(14,15)16)20(12)19-10/h3-7,19H,2H2,1H3. The summed E-state index contributed by atoms with van der Waals surface area (Å²) in [5, 5.41) is 8.54. The summed E-state index contributed by atoms with van der Waals surface area (Å²) in [5.41, 5.74) is 3.96. The number of halogens is 3. The van der Waals surface area contributed by atoms with Crippen LogP contribution in [-0.4, -0.2) is 21.5 Å². The number of rotatable bonds is 3. The molecule has 2 aromatic rings. The van der Waals surface area contributed by atoms with Crippen molar-refractivity contribution in [2.45, 2.75) is 18.3 Å². The van der Waals surface area contributed by atoms with E-state index in [1.165, 1.54) is 0 Å². The van der Waals surface area contributed by atoms with Crippen LogP contribution in [0.2, 0.25) is 0 Å². The summed E-state index contributed by atoms with van der Waals surface area (Å²) in [6.07, 6.45) is -4.57. The maximum atomic E-state index is 12.9. The van der Waals surface area contributed by atoms with Crippen LogP contribution < -0.4 is 10.2 Å². The maximum absolute atomic E-state index is 12.9. The number of nitrogens with zero attached hydrogens (tertiary/aromatic N) is 3. The number of aromatic nitrogens is 3. The molecule has 1 aromatic carbocycles. The SMILES string of the molecule is CCOc1ccc(C2=CSc3nnc(C(F)(F)F)n3N2)cc1. The summed E-state index contributed by atoms with van der Waals surface area (Å²) >= 11 is 1.08. The molecular weight excluding hydrogens is 317 g/mol. The first-order valence-corrected chi connectivity index (χ1v) is 7.26. The lowest BCUT2D eigenvalue weighted by atomic mass is 10.2. The molecule has 0 aliphatic carbocycles. The van der Waals surface area contributed by atoms with E-state index < -0.39 is 12.0 Å². The van der Waals surface area contributed by atoms with E-state index in [0.717, 1.165) is 22.0 Å². The topological polar surface area (TPSA) is 52.0 Å². The van der Waals surface area contributed by atoms with Gasteiger partial charge in [0.25, 0.3) is 5.82 Å². The minimum absolute atomic E-state index is 0.141. The number of hydrogen-bond acceptors (Lipinski definition) is 5. The average Bonchev–Trinajstić information content (AvgIpc) is 2.91. The van der Waals surface area contributed by atoms with Crippen LogP contribution in [0.1, 0.15) is 18.3 Å². The zero-order valence-corrected chi connectivity index (χ0v) is 12.2. The third-order valence-corrected chi connectivity index (χ3v) is 3.71. The van der Waals surface area contributed by atoms with Crippen LogP contribution in [0.3, 0.4) is 0 Å². The van der Waals surface area contributed by atoms with Gasteiger partial charge in [0.15, 0.2) is 0 Å². The number of hydrogen-bond donors (Lipinski definition) is 1. The molecule has 1 aliphatic rings. The van der Waals surface area contributed by atoms with E-state index in [2.05, 4.69) is 15.6 Å². The summed E-state index contributed by atoms with van der Waals surface area (Å²) in [4.78, 5) is 0. The lowest BCUT2D eigenvalue weighted by Gasteiger charge is -2.19. The quantitative estimate of drug-likeness (QED) is 0.936. The number of benzene rings is 1. The first-order valence-electron chi connectivity index (χ1n) is 6.38. The molecule has 0 radical (unpaired) electrons. The molecule has 0 atom stereocenters. The van der Waals surface area contributed by atoms with Crippen molar-refractivity contribution in [2.24, 2.45) is 0 Å². The number of nitrogens with one attached hydrogen (secondary N) is 1. The van der Waals surface area contributed by atoms with Gasteiger partial charge in [-0.05, 0) is 31.2 Å². The summed E-state index contributed by atoms with van der Waals surface area (Å²) in [7, 11) is 0. The molecule has 116 valence electrons. The van der Waals surface area contributed by atoms with E-state index in [9.17, 15) is 13.2 Å². The highest BCUT2D eigenvalue weighted by Gasteiger charge is 2.39. The van der Waals surface area contributed by atoms with Crippen LogP contribution in [0.15, 0.2) is 34.8 Å². The second-order valence-electron chi connectivity index (χ2n) is 4.36. The first kappa shape index (κ1) is 14.8. The minimum Gasteiger partial charge on any atom is -0.494 e. The molecule has 0 saturated heterocycles. The van der Waals surface area contributed by atoms with Gasteiger partial charge >= 0.3 is 6.18 Å². The third kappa shape index (κ3) is 2.76. The van der Waals surface area contributed by atoms with Gasteiger partial charge in [0, 0.05) is 11.0 Å². The van der Waals surface area contributed by atoms with Gasteiger partial charge in [0.2, 0.25) is 5.16 Å². The summed E-state index contributed by atoms with van der Waals surface area (Å²) < 4.78 is 44.8. The Bertz CT molecular complexity index is 709. The van der Waals surface area contributed by atoms with Crippen molar-refractivity contribution in [3.05, 3.63) is 41.1 Å². The molecule has 0 saturated carbocycles. The molecule has 0 unspecified atom stereocenters. The van der Waals surface area contributed by atoms with Gasteiger partial charge in [0.1, 0.15) is 5.75 Å². The average molecular weight is 328 g/mol. The summed E-state index contributed by atoms with van der Waals surface area (Å²) in [5.74, 6) is -0.372. The lowest BCUT2D eigenvalue weighted by Crippen LogP contribution is -2.24. The van der Waals surface area contributed by atoms with Crippen molar-refractivity contribution in [3.8, 4) is 5.75 Å². The molecular formula is C13H11F3N4OS. The second-order valence-corrected chi connectivity index (χ2v) is 5.19. The van der Waals surface area contributed by atoms with Gasteiger partial charge in [0.05, 0.1) is 12.3 Å². The fourth-order valence-corrected chi connectivity index (χ4v) is 2.66. The van der Waals surface area contributed by atoms with Crippen LogP contribution in [-0.2, 0) is 6.18 Å². The molecule has 5 nitrogen and oxygen atoms in total. The monoisotopic (exact) mass is 328 g/mol. The van der Waals surface area contributed by atoms with Crippen molar-refractivity contribution >= 4 is 17.5 Å². The molecule has 3 rings (SSSR count). The fourth-order valence-electron chi connectivity index (χ4n) is 1.92. The van der Waals surface area contributed by atoms with Crippen LogP contribution in [0.4, 0.5) is 13.2 Å². The highest BCUT2D eigenvalue weighted by atomic mass is 32.2. The van der Waals surface area contributed by atoms with Crippen LogP contribution in [0.25, 0.3) is 5.70 Å². The molecule has 1 aliphatic heterocycles. The Morgan fingerprint density at radius 1 is 1.23 bits per heavy atom. The highest BCUT2D eigenvalue weighted by Crippen LogP contribution is 2.34. The first-order chi connectivity index (χ1) is 10.5. The fraction of sp³-hybridized carbons (Fsp3) is 0.231. The molecule has 1 aromatic heterocycles. The molecule has 0 spiro atoms. The van der Waals surface area contributed by atoms with E-state index in [-0.39, 0.29) is 5.16 Å². The van der Waals surface area contributed by atoms with Crippen molar-refractivity contribution in [2.75, 3.05) is 12.0 Å². The van der Waals surface area contributed by atoms with Crippen molar-refractivity contribution < 1.29 is 17.9 Å². The van der Waals surface area contributed by atoms with E-state index in [1.54, 1.807) is 29.7 Å². The molecule has 2 heterocycles. The second kappa shape index (κ2) is 5.56. The molecule has 0 amide bonds. The number of thioether (sulfide) groups is 1. The van der Waals surface area contributed by atoms with E-state index in [0.29, 0.717) is 18.1 Å². The largest absolute Gasteiger partial charge is 0.494 e. The van der Waals surface area contributed by atoms with E-state index in [4.69, 9.17) is 4.74 Å². The predicted molar refractivity (Wildman–Crippen MR) is 75.8 cm³/mol. The van der Waals surface area contributed by atoms with Crippen molar-refractivity contribution in [1.82, 2.24) is 14.9 Å². The van der Waals surface area contributed by atoms with Crippen LogP contribution >= 0.6 is 11.8 Å². The number of alkyl halides is 3. The summed E-state index contributed by atoms with van der Waals surface area (Å²) in [6, 6.07) is 7.07. The molecule has 9 heteroatoms. The zero-order chi connectivity index (χ0) is 15.7. The van der Waals surface area contributed by atoms with Gasteiger partial charge in [-0.2, -0.15) is 13.2 Å². The molecule has 1 N–H and O–H groups in total.